The van der Waals surface area contributed by atoms with Gasteiger partial charge in [0.05, 0.1) is 5.70 Å². The number of nitrogens with zero attached hydrogens (tertiary/aromatic N) is 1. The van der Waals surface area contributed by atoms with Crippen molar-refractivity contribution in [2.75, 3.05) is 0 Å². The van der Waals surface area contributed by atoms with Crippen LogP contribution in [0.2, 0.25) is 0 Å². The van der Waals surface area contributed by atoms with Crippen LogP contribution in [-0.4, -0.2) is 0 Å². The monoisotopic (exact) mass is 246 g/mol. The summed E-state index contributed by atoms with van der Waals surface area (Å²) in [5.41, 5.74) is 13.8. The Kier molecular flexibility index (Phi) is 2.84. The molecule has 0 fully saturated rings. The summed E-state index contributed by atoms with van der Waals surface area (Å²) in [6.07, 6.45) is 4.14. The van der Waals surface area contributed by atoms with E-state index >= 15 is 0 Å². The Morgan fingerprint density at radius 2 is 1.37 bits per heavy atom. The number of fused-ring (bicyclic) bond motifs is 2. The van der Waals surface area contributed by atoms with Crippen molar-refractivity contribution in [1.82, 2.24) is 0 Å². The first kappa shape index (κ1) is 11.6. The molecule has 19 heavy (non-hydrogen) atoms. The maximum Gasteiger partial charge on any atom is 0.0934 e. The second-order valence-electron chi connectivity index (χ2n) is 4.64. The van der Waals surface area contributed by atoms with E-state index in [4.69, 9.17) is 5.53 Å². The third kappa shape index (κ3) is 2.02. The minimum absolute atomic E-state index is 0.701. The van der Waals surface area contributed by atoms with Gasteiger partial charge < -0.3 is 0 Å². The SMILES string of the molecule is C/C1=C/c2ccccc2/C(N=N)=C\c2ccccc21. The highest BCUT2D eigenvalue weighted by Crippen LogP contribution is 2.32. The number of hydrogen-bond acceptors (Lipinski definition) is 2. The Balaban J connectivity index is 2.34. The second-order valence-corrected chi connectivity index (χ2v) is 4.64. The van der Waals surface area contributed by atoms with E-state index in [0.29, 0.717) is 5.70 Å². The van der Waals surface area contributed by atoms with Crippen LogP contribution in [0.5, 0.6) is 0 Å². The largest absolute Gasteiger partial charge is 0.204 e. The van der Waals surface area contributed by atoms with E-state index < -0.39 is 0 Å². The van der Waals surface area contributed by atoms with Crippen LogP contribution in [0.4, 0.5) is 0 Å². The quantitative estimate of drug-likeness (QED) is 0.680. The van der Waals surface area contributed by atoms with Gasteiger partial charge in [-0.05, 0) is 35.3 Å². The molecular weight excluding hydrogens is 232 g/mol. The molecule has 0 heterocycles. The van der Waals surface area contributed by atoms with Gasteiger partial charge in [-0.1, -0.05) is 54.6 Å². The minimum Gasteiger partial charge on any atom is -0.204 e. The van der Waals surface area contributed by atoms with Crippen LogP contribution >= 0.6 is 0 Å². The van der Waals surface area contributed by atoms with Crippen LogP contribution in [0.1, 0.15) is 29.2 Å². The van der Waals surface area contributed by atoms with Gasteiger partial charge in [0.25, 0.3) is 0 Å². The second kappa shape index (κ2) is 4.65. The zero-order chi connectivity index (χ0) is 13.2. The highest BCUT2D eigenvalue weighted by Gasteiger charge is 2.11. The smallest absolute Gasteiger partial charge is 0.0934 e. The molecule has 0 amide bonds. The van der Waals surface area contributed by atoms with Gasteiger partial charge in [-0.25, -0.2) is 5.53 Å². The predicted molar refractivity (Wildman–Crippen MR) is 79.4 cm³/mol. The lowest BCUT2D eigenvalue weighted by molar-refractivity contribution is 1.16. The molecular formula is C17H14N2. The molecule has 0 saturated carbocycles. The number of benzene rings is 2. The third-order valence-corrected chi connectivity index (χ3v) is 3.41. The molecule has 92 valence electrons. The molecule has 1 aliphatic carbocycles. The molecule has 0 bridgehead atoms. The lowest BCUT2D eigenvalue weighted by Crippen LogP contribution is -1.93. The van der Waals surface area contributed by atoms with Crippen molar-refractivity contribution in [3.8, 4) is 0 Å². The van der Waals surface area contributed by atoms with Crippen LogP contribution in [0.3, 0.4) is 0 Å². The topological polar surface area (TPSA) is 36.2 Å². The first-order valence-corrected chi connectivity index (χ1v) is 6.26. The van der Waals surface area contributed by atoms with Gasteiger partial charge >= 0.3 is 0 Å². The molecule has 0 saturated heterocycles. The van der Waals surface area contributed by atoms with Gasteiger partial charge in [-0.15, -0.1) is 0 Å². The molecule has 2 nitrogen and oxygen atoms in total. The number of rotatable bonds is 1. The molecule has 0 atom stereocenters. The summed E-state index contributed by atoms with van der Waals surface area (Å²) in [5, 5.41) is 3.70. The minimum atomic E-state index is 0.701. The summed E-state index contributed by atoms with van der Waals surface area (Å²) in [5.74, 6) is 0. The fourth-order valence-electron chi connectivity index (χ4n) is 2.47. The van der Waals surface area contributed by atoms with Gasteiger partial charge in [0.1, 0.15) is 0 Å². The molecule has 2 aromatic rings. The zero-order valence-electron chi connectivity index (χ0n) is 10.7. The molecule has 0 aromatic heterocycles. The summed E-state index contributed by atoms with van der Waals surface area (Å²) in [7, 11) is 0. The van der Waals surface area contributed by atoms with Crippen molar-refractivity contribution in [1.29, 1.82) is 5.53 Å². The van der Waals surface area contributed by atoms with E-state index in [1.165, 1.54) is 11.1 Å². The predicted octanol–water partition coefficient (Wildman–Crippen LogP) is 5.09. The number of nitrogens with one attached hydrogen (secondary N) is 1. The maximum absolute atomic E-state index is 7.42. The van der Waals surface area contributed by atoms with Crippen molar-refractivity contribution in [3.05, 3.63) is 70.8 Å². The molecule has 0 aliphatic heterocycles. The van der Waals surface area contributed by atoms with Crippen molar-refractivity contribution < 1.29 is 0 Å². The molecule has 0 radical (unpaired) electrons. The molecule has 0 spiro atoms. The summed E-state index contributed by atoms with van der Waals surface area (Å²) in [6.45, 7) is 2.12. The van der Waals surface area contributed by atoms with E-state index in [-0.39, 0.29) is 0 Å². The van der Waals surface area contributed by atoms with Crippen molar-refractivity contribution in [2.24, 2.45) is 5.11 Å². The Morgan fingerprint density at radius 3 is 2.05 bits per heavy atom. The van der Waals surface area contributed by atoms with E-state index in [1.807, 2.05) is 36.4 Å². The Hall–Kier alpha value is -2.48. The molecule has 0 unspecified atom stereocenters. The third-order valence-electron chi connectivity index (χ3n) is 3.41. The number of hydrogen-bond donors (Lipinski definition) is 1. The number of allylic oxidation sites excluding steroid dienone is 1. The summed E-state index contributed by atoms with van der Waals surface area (Å²) in [4.78, 5) is 0. The van der Waals surface area contributed by atoms with Crippen LogP contribution in [-0.2, 0) is 0 Å². The summed E-state index contributed by atoms with van der Waals surface area (Å²) >= 11 is 0. The van der Waals surface area contributed by atoms with Crippen molar-refractivity contribution >= 4 is 23.4 Å². The highest BCUT2D eigenvalue weighted by atomic mass is 15.0. The molecule has 1 aliphatic rings. The van der Waals surface area contributed by atoms with Crippen molar-refractivity contribution in [2.45, 2.75) is 6.92 Å². The summed E-state index contributed by atoms with van der Waals surface area (Å²) in [6, 6.07) is 16.3. The van der Waals surface area contributed by atoms with E-state index in [1.54, 1.807) is 0 Å². The highest BCUT2D eigenvalue weighted by molar-refractivity contribution is 5.94. The van der Waals surface area contributed by atoms with Crippen LogP contribution < -0.4 is 0 Å². The van der Waals surface area contributed by atoms with Gasteiger partial charge in [-0.3, -0.25) is 0 Å². The normalized spacial score (nSPS) is 18.8. The summed E-state index contributed by atoms with van der Waals surface area (Å²) < 4.78 is 0. The average Bonchev–Trinajstić information content (AvgIpc) is 2.44. The van der Waals surface area contributed by atoms with Gasteiger partial charge in [0.2, 0.25) is 0 Å². The lowest BCUT2D eigenvalue weighted by atomic mass is 9.92. The lowest BCUT2D eigenvalue weighted by Gasteiger charge is -2.14. The zero-order valence-corrected chi connectivity index (χ0v) is 10.7. The van der Waals surface area contributed by atoms with Crippen molar-refractivity contribution in [3.63, 3.8) is 0 Å². The van der Waals surface area contributed by atoms with E-state index in [2.05, 4.69) is 36.3 Å². The molecule has 1 N–H and O–H groups in total. The van der Waals surface area contributed by atoms with Crippen LogP contribution in [0.15, 0.2) is 53.6 Å². The first-order chi connectivity index (χ1) is 9.29. The average molecular weight is 246 g/mol. The van der Waals surface area contributed by atoms with Crippen LogP contribution in [0.25, 0.3) is 23.4 Å². The van der Waals surface area contributed by atoms with Gasteiger partial charge in [0.15, 0.2) is 0 Å². The van der Waals surface area contributed by atoms with E-state index in [0.717, 1.165) is 16.7 Å². The molecule has 2 heteroatoms. The van der Waals surface area contributed by atoms with Gasteiger partial charge in [-0.2, -0.15) is 5.11 Å². The fraction of sp³-hybridized carbons (Fsp3) is 0.0588. The first-order valence-electron chi connectivity index (χ1n) is 6.26. The standard InChI is InChI=1S/C17H14N2/c1-12-10-13-6-3-5-9-16(13)17(19-18)11-14-7-2-4-8-15(12)14/h2-11,18H,1H3/b12-10-,13-10?,14-11?,15-12?,17-11+,17-16?,19-18?. The maximum atomic E-state index is 7.42. The Morgan fingerprint density at radius 1 is 0.789 bits per heavy atom. The van der Waals surface area contributed by atoms with Gasteiger partial charge in [0, 0.05) is 5.56 Å². The fourth-order valence-corrected chi connectivity index (χ4v) is 2.47. The molecule has 3 rings (SSSR count). The Bertz CT molecular complexity index is 709. The Labute approximate surface area is 112 Å². The van der Waals surface area contributed by atoms with Crippen LogP contribution in [0, 0.1) is 5.53 Å². The van der Waals surface area contributed by atoms with E-state index in [9.17, 15) is 0 Å². The molecule has 2 aromatic carbocycles.